The lowest BCUT2D eigenvalue weighted by atomic mass is 9.92. The predicted molar refractivity (Wildman–Crippen MR) is 109 cm³/mol. The number of nitrogens with zero attached hydrogens (tertiary/aromatic N) is 3. The SMILES string of the molecule is Cc1nc(C[C@@H]2CN(C(=O)OC(C)(C)C)CCO[C@H]2c2ccc(Cl)c(Cl)c2)no1. The van der Waals surface area contributed by atoms with Gasteiger partial charge in [0.25, 0.3) is 0 Å². The third kappa shape index (κ3) is 5.84. The molecule has 0 unspecified atom stereocenters. The van der Waals surface area contributed by atoms with Crippen LogP contribution in [0.25, 0.3) is 0 Å². The van der Waals surface area contributed by atoms with Gasteiger partial charge in [-0.1, -0.05) is 34.4 Å². The van der Waals surface area contributed by atoms with Gasteiger partial charge in [-0.3, -0.25) is 0 Å². The van der Waals surface area contributed by atoms with Crippen LogP contribution in [0.15, 0.2) is 22.7 Å². The summed E-state index contributed by atoms with van der Waals surface area (Å²) >= 11 is 12.3. The highest BCUT2D eigenvalue weighted by atomic mass is 35.5. The van der Waals surface area contributed by atoms with E-state index < -0.39 is 5.60 Å². The maximum atomic E-state index is 12.7. The standard InChI is InChI=1S/C20H25Cl2N3O4/c1-12-23-17(24-29-12)10-14-11-25(19(26)28-20(2,3)4)7-8-27-18(14)13-5-6-15(21)16(22)9-13/h5-6,9,14,18H,7-8,10-11H2,1-4H3/t14-,18+/m1/s1. The molecule has 1 saturated heterocycles. The Morgan fingerprint density at radius 2 is 2.07 bits per heavy atom. The molecule has 1 aliphatic rings. The van der Waals surface area contributed by atoms with E-state index in [0.29, 0.717) is 47.9 Å². The second-order valence-corrected chi connectivity index (χ2v) is 8.90. The number of aromatic nitrogens is 2. The van der Waals surface area contributed by atoms with E-state index in [-0.39, 0.29) is 18.1 Å². The van der Waals surface area contributed by atoms with Gasteiger partial charge in [-0.05, 0) is 38.5 Å². The summed E-state index contributed by atoms with van der Waals surface area (Å²) in [6, 6.07) is 5.43. The van der Waals surface area contributed by atoms with Crippen molar-refractivity contribution in [2.75, 3.05) is 19.7 Å². The maximum Gasteiger partial charge on any atom is 0.410 e. The average molecular weight is 442 g/mol. The summed E-state index contributed by atoms with van der Waals surface area (Å²) in [5.74, 6) is 0.927. The van der Waals surface area contributed by atoms with E-state index >= 15 is 0 Å². The Balaban J connectivity index is 1.87. The molecular formula is C20H25Cl2N3O4. The van der Waals surface area contributed by atoms with Crippen molar-refractivity contribution in [3.63, 3.8) is 0 Å². The number of carbonyl (C=O) groups is 1. The minimum absolute atomic E-state index is 0.126. The Bertz CT molecular complexity index is 866. The molecule has 0 N–H and O–H groups in total. The van der Waals surface area contributed by atoms with Gasteiger partial charge in [0, 0.05) is 32.4 Å². The number of ether oxygens (including phenoxy) is 2. The molecule has 2 atom stereocenters. The summed E-state index contributed by atoms with van der Waals surface area (Å²) in [5, 5.41) is 4.94. The van der Waals surface area contributed by atoms with Crippen molar-refractivity contribution in [2.45, 2.75) is 45.8 Å². The Labute approximate surface area is 180 Å². The molecule has 9 heteroatoms. The number of hydrogen-bond donors (Lipinski definition) is 0. The molecule has 1 aromatic heterocycles. The van der Waals surface area contributed by atoms with Gasteiger partial charge < -0.3 is 18.9 Å². The molecule has 158 valence electrons. The van der Waals surface area contributed by atoms with Crippen molar-refractivity contribution in [1.82, 2.24) is 15.0 Å². The maximum absolute atomic E-state index is 12.7. The van der Waals surface area contributed by atoms with Crippen LogP contribution in [0.5, 0.6) is 0 Å². The molecule has 0 aliphatic carbocycles. The number of benzene rings is 1. The first-order chi connectivity index (χ1) is 13.6. The quantitative estimate of drug-likeness (QED) is 0.676. The van der Waals surface area contributed by atoms with Crippen LogP contribution in [0.2, 0.25) is 10.0 Å². The zero-order chi connectivity index (χ0) is 21.2. The first-order valence-corrected chi connectivity index (χ1v) is 10.2. The van der Waals surface area contributed by atoms with E-state index in [1.807, 2.05) is 26.8 Å². The highest BCUT2D eigenvalue weighted by Gasteiger charge is 2.34. The summed E-state index contributed by atoms with van der Waals surface area (Å²) in [5.41, 5.74) is 0.309. The monoisotopic (exact) mass is 441 g/mol. The molecule has 0 saturated carbocycles. The van der Waals surface area contributed by atoms with Crippen molar-refractivity contribution in [3.8, 4) is 0 Å². The third-order valence-electron chi connectivity index (χ3n) is 4.48. The fourth-order valence-electron chi connectivity index (χ4n) is 3.28. The normalized spacial score (nSPS) is 20.4. The molecule has 7 nitrogen and oxygen atoms in total. The second kappa shape index (κ2) is 8.90. The molecule has 0 radical (unpaired) electrons. The molecular weight excluding hydrogens is 417 g/mol. The number of hydrogen-bond acceptors (Lipinski definition) is 6. The summed E-state index contributed by atoms with van der Waals surface area (Å²) in [4.78, 5) is 18.6. The van der Waals surface area contributed by atoms with Crippen molar-refractivity contribution < 1.29 is 18.8 Å². The molecule has 1 aromatic carbocycles. The highest BCUT2D eigenvalue weighted by molar-refractivity contribution is 6.42. The molecule has 1 aliphatic heterocycles. The summed E-state index contributed by atoms with van der Waals surface area (Å²) < 4.78 is 16.8. The average Bonchev–Trinajstić information content (AvgIpc) is 2.90. The molecule has 3 rings (SSSR count). The van der Waals surface area contributed by atoms with E-state index in [1.54, 1.807) is 24.0 Å². The lowest BCUT2D eigenvalue weighted by Gasteiger charge is -2.29. The largest absolute Gasteiger partial charge is 0.444 e. The predicted octanol–water partition coefficient (Wildman–Crippen LogP) is 4.85. The summed E-state index contributed by atoms with van der Waals surface area (Å²) in [6.45, 7) is 8.49. The summed E-state index contributed by atoms with van der Waals surface area (Å²) in [6.07, 6.45) is -0.206. The topological polar surface area (TPSA) is 77.7 Å². The zero-order valence-corrected chi connectivity index (χ0v) is 18.5. The number of halogens is 2. The smallest absolute Gasteiger partial charge is 0.410 e. The van der Waals surface area contributed by atoms with Crippen molar-refractivity contribution in [1.29, 1.82) is 0 Å². The van der Waals surface area contributed by atoms with E-state index in [2.05, 4.69) is 10.1 Å². The van der Waals surface area contributed by atoms with Crippen molar-refractivity contribution >= 4 is 29.3 Å². The Morgan fingerprint density at radius 3 is 2.69 bits per heavy atom. The summed E-state index contributed by atoms with van der Waals surface area (Å²) in [7, 11) is 0. The fourth-order valence-corrected chi connectivity index (χ4v) is 3.58. The number of carbonyl (C=O) groups excluding carboxylic acids is 1. The minimum Gasteiger partial charge on any atom is -0.444 e. The van der Waals surface area contributed by atoms with Crippen LogP contribution in [0.3, 0.4) is 0 Å². The first kappa shape index (κ1) is 21.9. The van der Waals surface area contributed by atoms with Crippen molar-refractivity contribution in [2.24, 2.45) is 5.92 Å². The Morgan fingerprint density at radius 1 is 1.31 bits per heavy atom. The van der Waals surface area contributed by atoms with Gasteiger partial charge in [0.1, 0.15) is 5.60 Å². The van der Waals surface area contributed by atoms with Gasteiger partial charge in [-0.2, -0.15) is 4.98 Å². The van der Waals surface area contributed by atoms with Gasteiger partial charge in [-0.15, -0.1) is 0 Å². The van der Waals surface area contributed by atoms with Crippen LogP contribution >= 0.6 is 23.2 Å². The second-order valence-electron chi connectivity index (χ2n) is 8.09. The first-order valence-electron chi connectivity index (χ1n) is 9.46. The van der Waals surface area contributed by atoms with Crippen LogP contribution < -0.4 is 0 Å². The Hall–Kier alpha value is -1.83. The van der Waals surface area contributed by atoms with Crippen LogP contribution in [0.4, 0.5) is 4.79 Å². The van der Waals surface area contributed by atoms with Gasteiger partial charge in [0.2, 0.25) is 5.89 Å². The van der Waals surface area contributed by atoms with Crippen molar-refractivity contribution in [3.05, 3.63) is 45.5 Å². The van der Waals surface area contributed by atoms with E-state index in [1.165, 1.54) is 0 Å². The van der Waals surface area contributed by atoms with Gasteiger partial charge in [0.15, 0.2) is 5.82 Å². The van der Waals surface area contributed by atoms with E-state index in [9.17, 15) is 4.79 Å². The highest BCUT2D eigenvalue weighted by Crippen LogP contribution is 2.35. The lowest BCUT2D eigenvalue weighted by molar-refractivity contribution is 0.0231. The molecule has 0 spiro atoms. The molecule has 2 heterocycles. The fraction of sp³-hybridized carbons (Fsp3) is 0.550. The van der Waals surface area contributed by atoms with Crippen LogP contribution in [-0.4, -0.2) is 46.4 Å². The van der Waals surface area contributed by atoms with E-state index in [0.717, 1.165) is 5.56 Å². The van der Waals surface area contributed by atoms with Gasteiger partial charge in [-0.25, -0.2) is 4.79 Å². The zero-order valence-electron chi connectivity index (χ0n) is 16.9. The molecule has 0 bridgehead atoms. The van der Waals surface area contributed by atoms with Gasteiger partial charge >= 0.3 is 6.09 Å². The van der Waals surface area contributed by atoms with Crippen LogP contribution in [0, 0.1) is 12.8 Å². The minimum atomic E-state index is -0.576. The molecule has 2 aromatic rings. The Kier molecular flexibility index (Phi) is 6.71. The van der Waals surface area contributed by atoms with Gasteiger partial charge in [0.05, 0.1) is 22.8 Å². The number of aryl methyl sites for hydroxylation is 1. The number of amides is 1. The molecule has 1 fully saturated rings. The van der Waals surface area contributed by atoms with Crippen LogP contribution in [0.1, 0.15) is 44.2 Å². The number of rotatable bonds is 3. The van der Waals surface area contributed by atoms with E-state index in [4.69, 9.17) is 37.2 Å². The van der Waals surface area contributed by atoms with Crippen LogP contribution in [-0.2, 0) is 15.9 Å². The lowest BCUT2D eigenvalue weighted by Crippen LogP contribution is -2.40. The molecule has 1 amide bonds. The third-order valence-corrected chi connectivity index (χ3v) is 5.22. The molecule has 29 heavy (non-hydrogen) atoms.